The third-order valence-corrected chi connectivity index (χ3v) is 15.0. The van der Waals surface area contributed by atoms with E-state index in [1.165, 1.54) is 6.20 Å². The third-order valence-electron chi connectivity index (χ3n) is 14.5. The Morgan fingerprint density at radius 1 is 0.603 bits per heavy atom. The minimum atomic E-state index is -2.64. The number of carbonyl (C=O) groups is 4. The van der Waals surface area contributed by atoms with Crippen LogP contribution in [-0.2, 0) is 0 Å². The largest absolute Gasteiger partial charge is 0.490 e. The number of hydrogen-bond donors (Lipinski definition) is 5. The van der Waals surface area contributed by atoms with Gasteiger partial charge in [-0.3, -0.25) is 28.0 Å². The van der Waals surface area contributed by atoms with Crippen molar-refractivity contribution in [1.82, 2.24) is 39.4 Å². The molecule has 6 saturated carbocycles. The monoisotopic (exact) mass is 1070 g/mol. The molecule has 4 amide bonds. The third kappa shape index (κ3) is 10.8. The summed E-state index contributed by atoms with van der Waals surface area (Å²) in [6.45, 7) is 0. The zero-order valence-electron chi connectivity index (χ0n) is 39.1. The van der Waals surface area contributed by atoms with Gasteiger partial charge in [0.25, 0.3) is 35.5 Å². The van der Waals surface area contributed by atoms with Crippen LogP contribution in [0, 0.1) is 10.8 Å². The number of imidazole rings is 2. The van der Waals surface area contributed by atoms with Crippen molar-refractivity contribution in [1.29, 1.82) is 0 Å². The number of ether oxygens (including phenoxy) is 3. The molecule has 0 bridgehead atoms. The minimum absolute atomic E-state index is 0.0203. The molecule has 0 aromatic carbocycles. The zero-order valence-corrected chi connectivity index (χ0v) is 40.7. The van der Waals surface area contributed by atoms with Crippen LogP contribution in [0.3, 0.4) is 0 Å². The maximum atomic E-state index is 13.0. The Labute approximate surface area is 422 Å². The van der Waals surface area contributed by atoms with Crippen LogP contribution in [0.15, 0.2) is 90.2 Å². The molecule has 18 nitrogen and oxygen atoms in total. The van der Waals surface area contributed by atoms with E-state index in [9.17, 15) is 36.7 Å². The molecule has 6 heterocycles. The van der Waals surface area contributed by atoms with Crippen molar-refractivity contribution in [3.05, 3.63) is 113 Å². The summed E-state index contributed by atoms with van der Waals surface area (Å²) in [5.41, 5.74) is 13.8. The molecule has 0 atom stereocenters. The van der Waals surface area contributed by atoms with Gasteiger partial charge in [0, 0.05) is 73.1 Å². The molecule has 6 aromatic heterocycles. The molecule has 0 radical (unpaired) electrons. The number of rotatable bonds is 12. The number of aromatic nitrogens is 6. The Bertz CT molecular complexity index is 3070. The van der Waals surface area contributed by atoms with Crippen LogP contribution in [0.1, 0.15) is 119 Å². The summed E-state index contributed by atoms with van der Waals surface area (Å²) in [4.78, 5) is 65.4. The number of carbonyl (C=O) groups excluding carboxylic acids is 4. The van der Waals surface area contributed by atoms with Crippen molar-refractivity contribution < 1.29 is 56.1 Å². The van der Waals surface area contributed by atoms with E-state index in [0.717, 1.165) is 61.5 Å². The number of amides is 4. The van der Waals surface area contributed by atoms with Gasteiger partial charge in [0.1, 0.15) is 57.9 Å². The highest BCUT2D eigenvalue weighted by Gasteiger charge is 2.56. The topological polar surface area (TPSA) is 253 Å². The summed E-state index contributed by atoms with van der Waals surface area (Å²) in [5, 5.41) is 14.5. The lowest BCUT2D eigenvalue weighted by Crippen LogP contribution is -2.58. The Hall–Kier alpha value is -6.88. The summed E-state index contributed by atoms with van der Waals surface area (Å²) in [6, 6.07) is 13.8. The average Bonchev–Trinajstić information content (AvgIpc) is 3.89. The maximum absolute atomic E-state index is 13.0. The van der Waals surface area contributed by atoms with Gasteiger partial charge in [-0.05, 0) is 105 Å². The van der Waals surface area contributed by atoms with Crippen molar-refractivity contribution in [2.45, 2.75) is 125 Å². The second-order valence-corrected chi connectivity index (χ2v) is 21.2. The number of primary amides is 2. The second-order valence-electron chi connectivity index (χ2n) is 20.3. The first-order valence-electron chi connectivity index (χ1n) is 23.9. The molecule has 0 saturated heterocycles. The van der Waals surface area contributed by atoms with Gasteiger partial charge in [-0.2, -0.15) is 0 Å². The standard InChI is InChI=1S/C25H25F2N5O4.C21H20BrN5O3.C4H6F2O/c26-25(27)11-17(12-25)35-15-3-5-32-19(13-30-20(32)6-15)22(34)31-14-7-24(8-14)9-16(10-24)36-23-18(21(28)33)2-1-4-29-23;22-12-3-5-27-16(11-25-17(27)6-12)19(29)26-13-7-21(8-13)9-14(10-21)30-20-15(18(23)28)2-1-4-24-20;5-4(6)1-3(7)2-4/h1-6,13-14,16-17H,7-12H2,(H2,28,33)(H,31,34);1-6,11,13-14H,7-10H2,(H2,23,28)(H,26,29);3,7H,1-2H2. The number of nitrogens with zero attached hydrogens (tertiary/aromatic N) is 6. The van der Waals surface area contributed by atoms with Crippen LogP contribution in [-0.4, -0.2) is 106 Å². The Kier molecular flexibility index (Phi) is 13.1. The normalized spacial score (nSPS) is 26.1. The van der Waals surface area contributed by atoms with E-state index in [1.54, 1.807) is 70.0 Å². The minimum Gasteiger partial charge on any atom is -0.490 e. The summed E-state index contributed by atoms with van der Waals surface area (Å²) in [7, 11) is 0. The lowest BCUT2D eigenvalue weighted by atomic mass is 9.53. The lowest BCUT2D eigenvalue weighted by Gasteiger charge is -2.57. The van der Waals surface area contributed by atoms with Crippen LogP contribution >= 0.6 is 15.9 Å². The zero-order chi connectivity index (χ0) is 51.5. The molecular weight excluding hydrogens is 1020 g/mol. The number of hydrogen-bond acceptors (Lipinski definition) is 12. The first-order chi connectivity index (χ1) is 34.7. The fourth-order valence-electron chi connectivity index (χ4n) is 10.8. The van der Waals surface area contributed by atoms with Gasteiger partial charge < -0.3 is 41.4 Å². The van der Waals surface area contributed by atoms with Gasteiger partial charge in [-0.1, -0.05) is 15.9 Å². The van der Waals surface area contributed by atoms with E-state index in [2.05, 4.69) is 46.5 Å². The first-order valence-corrected chi connectivity index (χ1v) is 24.7. The Morgan fingerprint density at radius 3 is 1.47 bits per heavy atom. The predicted molar refractivity (Wildman–Crippen MR) is 256 cm³/mol. The van der Waals surface area contributed by atoms with Crippen LogP contribution in [0.4, 0.5) is 17.6 Å². The van der Waals surface area contributed by atoms with Crippen LogP contribution in [0.25, 0.3) is 11.3 Å². The van der Waals surface area contributed by atoms with E-state index in [0.29, 0.717) is 34.2 Å². The second kappa shape index (κ2) is 19.2. The first kappa shape index (κ1) is 49.7. The van der Waals surface area contributed by atoms with E-state index in [1.807, 2.05) is 18.3 Å². The lowest BCUT2D eigenvalue weighted by molar-refractivity contribution is -0.143. The number of nitrogens with one attached hydrogen (secondary N) is 2. The van der Waals surface area contributed by atoms with Crippen molar-refractivity contribution >= 4 is 50.9 Å². The SMILES string of the molecule is NC(=O)c1cccnc1OC1CC2(CC(NC(=O)c3cnc4cc(Br)ccn34)C2)C1.NC(=O)c1cccnc1OC1CC2(CC(NC(=O)c3cnc4cc(OC5CC(F)(F)C5)ccn34)C2)C1.OC1CC(F)(F)C1. The van der Waals surface area contributed by atoms with Gasteiger partial charge in [0.2, 0.25) is 11.8 Å². The van der Waals surface area contributed by atoms with Gasteiger partial charge in [-0.25, -0.2) is 37.5 Å². The fourth-order valence-corrected chi connectivity index (χ4v) is 11.2. The number of halogens is 5. The predicted octanol–water partition coefficient (Wildman–Crippen LogP) is 6.61. The number of nitrogens with two attached hydrogens (primary N) is 2. The smallest absolute Gasteiger partial charge is 0.270 e. The van der Waals surface area contributed by atoms with Gasteiger partial charge in [0.05, 0.1) is 18.5 Å². The number of aliphatic hydroxyl groups is 1. The quantitative estimate of drug-likeness (QED) is 0.0812. The molecule has 0 unspecified atom stereocenters. The highest BCUT2D eigenvalue weighted by Crippen LogP contribution is 2.58. The van der Waals surface area contributed by atoms with Gasteiger partial charge >= 0.3 is 0 Å². The number of alkyl halides is 4. The van der Waals surface area contributed by atoms with Crippen molar-refractivity contribution in [3.63, 3.8) is 0 Å². The highest BCUT2D eigenvalue weighted by molar-refractivity contribution is 9.10. The molecule has 23 heteroatoms. The molecule has 2 spiro atoms. The molecule has 6 aromatic rings. The molecule has 0 aliphatic heterocycles. The molecule has 6 fully saturated rings. The molecule has 7 N–H and O–H groups in total. The molecule has 12 rings (SSSR count). The fraction of sp³-hybridized carbons (Fsp3) is 0.440. The molecule has 6 aliphatic carbocycles. The van der Waals surface area contributed by atoms with Gasteiger partial charge in [0.15, 0.2) is 0 Å². The summed E-state index contributed by atoms with van der Waals surface area (Å²) < 4.78 is 71.1. The molecular formula is C50H51BrF4N10O8. The molecule has 384 valence electrons. The van der Waals surface area contributed by atoms with Crippen LogP contribution < -0.4 is 36.3 Å². The van der Waals surface area contributed by atoms with Gasteiger partial charge in [-0.15, -0.1) is 0 Å². The van der Waals surface area contributed by atoms with Crippen molar-refractivity contribution in [3.8, 4) is 17.5 Å². The highest BCUT2D eigenvalue weighted by atomic mass is 79.9. The van der Waals surface area contributed by atoms with E-state index in [4.69, 9.17) is 30.8 Å². The van der Waals surface area contributed by atoms with Crippen LogP contribution in [0.2, 0.25) is 0 Å². The Balaban J connectivity index is 0.000000149. The number of fused-ring (bicyclic) bond motifs is 2. The number of aliphatic hydroxyl groups excluding tert-OH is 1. The van der Waals surface area contributed by atoms with E-state index >= 15 is 0 Å². The molecule has 73 heavy (non-hydrogen) atoms. The summed E-state index contributed by atoms with van der Waals surface area (Å²) in [6.07, 6.45) is 14.2. The average molecular weight is 1080 g/mol. The van der Waals surface area contributed by atoms with E-state index < -0.39 is 35.9 Å². The van der Waals surface area contributed by atoms with E-state index in [-0.39, 0.29) is 84.1 Å². The number of pyridine rings is 4. The maximum Gasteiger partial charge on any atom is 0.270 e. The van der Waals surface area contributed by atoms with Crippen LogP contribution in [0.5, 0.6) is 17.5 Å². The van der Waals surface area contributed by atoms with Crippen molar-refractivity contribution in [2.24, 2.45) is 22.3 Å². The molecule has 6 aliphatic rings. The summed E-state index contributed by atoms with van der Waals surface area (Å²) in [5.74, 6) is -5.63. The summed E-state index contributed by atoms with van der Waals surface area (Å²) >= 11 is 3.41. The van der Waals surface area contributed by atoms with Crippen molar-refractivity contribution in [2.75, 3.05) is 0 Å². The Morgan fingerprint density at radius 2 is 1.04 bits per heavy atom.